The molecule has 1 aliphatic rings. The summed E-state index contributed by atoms with van der Waals surface area (Å²) in [6, 6.07) is 2.38. The Morgan fingerprint density at radius 1 is 1.38 bits per heavy atom. The van der Waals surface area contributed by atoms with E-state index in [0.29, 0.717) is 5.75 Å². The maximum Gasteiger partial charge on any atom is 0.234 e. The van der Waals surface area contributed by atoms with Crippen LogP contribution >= 0.6 is 34.9 Å². The summed E-state index contributed by atoms with van der Waals surface area (Å²) >= 11 is 4.44. The molecular weight excluding hydrogens is 324 g/mol. The molecule has 1 aromatic rings. The molecule has 0 spiro atoms. The molecule has 1 saturated carbocycles. The number of rotatable bonds is 5. The van der Waals surface area contributed by atoms with Gasteiger partial charge in [0.05, 0.1) is 11.8 Å². The summed E-state index contributed by atoms with van der Waals surface area (Å²) in [6.45, 7) is 0. The highest BCUT2D eigenvalue weighted by molar-refractivity contribution is 8.03. The monoisotopic (exact) mass is 342 g/mol. The van der Waals surface area contributed by atoms with Gasteiger partial charge in [-0.2, -0.15) is 5.26 Å². The predicted octanol–water partition coefficient (Wildman–Crippen LogP) is 3.04. The van der Waals surface area contributed by atoms with Gasteiger partial charge in [0.1, 0.15) is 5.54 Å². The third-order valence-corrected chi connectivity index (χ3v) is 6.80. The SMILES string of the molecule is CSc1nnc(SCC(=O)N(C)C2(C#N)CCCCC2)s1. The van der Waals surface area contributed by atoms with Gasteiger partial charge in [-0.1, -0.05) is 54.1 Å². The first-order chi connectivity index (χ1) is 10.1. The molecule has 1 aliphatic carbocycles. The standard InChI is InChI=1S/C13H18N4OS3/c1-17(13(9-14)6-4-3-5-7-13)10(18)8-20-12-16-15-11(19-2)21-12/h3-8H2,1-2H3. The second-order valence-corrected chi connectivity index (χ2v) is 8.24. The number of aromatic nitrogens is 2. The molecule has 0 atom stereocenters. The fraction of sp³-hybridized carbons (Fsp3) is 0.692. The van der Waals surface area contributed by atoms with E-state index in [0.717, 1.165) is 40.8 Å². The Hall–Kier alpha value is -0.780. The van der Waals surface area contributed by atoms with E-state index >= 15 is 0 Å². The molecule has 1 fully saturated rings. The molecular formula is C13H18N4OS3. The molecule has 1 heterocycles. The number of hydrogen-bond acceptors (Lipinski definition) is 7. The van der Waals surface area contributed by atoms with Gasteiger partial charge in [0.2, 0.25) is 5.91 Å². The minimum atomic E-state index is -0.610. The molecule has 0 aliphatic heterocycles. The lowest BCUT2D eigenvalue weighted by atomic mass is 9.81. The van der Waals surface area contributed by atoms with Crippen LogP contribution in [0.5, 0.6) is 0 Å². The van der Waals surface area contributed by atoms with Crippen molar-refractivity contribution < 1.29 is 4.79 Å². The molecule has 0 N–H and O–H groups in total. The molecule has 114 valence electrons. The Labute approximate surface area is 137 Å². The molecule has 21 heavy (non-hydrogen) atoms. The summed E-state index contributed by atoms with van der Waals surface area (Å²) < 4.78 is 1.70. The van der Waals surface area contributed by atoms with Crippen molar-refractivity contribution in [3.8, 4) is 6.07 Å². The van der Waals surface area contributed by atoms with E-state index in [1.54, 1.807) is 23.7 Å². The average Bonchev–Trinajstić information content (AvgIpc) is 3.00. The van der Waals surface area contributed by atoms with Crippen molar-refractivity contribution >= 4 is 40.8 Å². The number of hydrogen-bond donors (Lipinski definition) is 0. The van der Waals surface area contributed by atoms with Crippen molar-refractivity contribution in [2.75, 3.05) is 19.1 Å². The van der Waals surface area contributed by atoms with Gasteiger partial charge >= 0.3 is 0 Å². The zero-order valence-corrected chi connectivity index (χ0v) is 14.6. The Kier molecular flexibility index (Phi) is 5.90. The van der Waals surface area contributed by atoms with Crippen LogP contribution in [0.15, 0.2) is 8.68 Å². The van der Waals surface area contributed by atoms with E-state index in [-0.39, 0.29) is 5.91 Å². The van der Waals surface area contributed by atoms with Crippen molar-refractivity contribution in [1.82, 2.24) is 15.1 Å². The summed E-state index contributed by atoms with van der Waals surface area (Å²) in [6.07, 6.45) is 6.71. The number of amides is 1. The van der Waals surface area contributed by atoms with E-state index in [9.17, 15) is 10.1 Å². The molecule has 5 nitrogen and oxygen atoms in total. The van der Waals surface area contributed by atoms with E-state index in [1.807, 2.05) is 6.26 Å². The molecule has 0 aromatic carbocycles. The van der Waals surface area contributed by atoms with Crippen molar-refractivity contribution in [2.24, 2.45) is 0 Å². The molecule has 0 bridgehead atoms. The maximum atomic E-state index is 12.4. The molecule has 1 aromatic heterocycles. The molecule has 8 heteroatoms. The third-order valence-electron chi connectivity index (χ3n) is 3.79. The highest BCUT2D eigenvalue weighted by Crippen LogP contribution is 2.33. The van der Waals surface area contributed by atoms with Gasteiger partial charge in [0, 0.05) is 7.05 Å². The van der Waals surface area contributed by atoms with Crippen LogP contribution in [0.4, 0.5) is 0 Å². The van der Waals surface area contributed by atoms with Gasteiger partial charge in [-0.3, -0.25) is 4.79 Å². The molecule has 0 unspecified atom stereocenters. The van der Waals surface area contributed by atoms with Gasteiger partial charge in [0.15, 0.2) is 8.68 Å². The number of thioether (sulfide) groups is 2. The number of nitrogens with zero attached hydrogens (tertiary/aromatic N) is 4. The first-order valence-electron chi connectivity index (χ1n) is 6.79. The fourth-order valence-corrected chi connectivity index (χ4v) is 4.81. The third kappa shape index (κ3) is 3.90. The lowest BCUT2D eigenvalue weighted by Gasteiger charge is -2.38. The van der Waals surface area contributed by atoms with Crippen molar-refractivity contribution in [3.05, 3.63) is 0 Å². The van der Waals surface area contributed by atoms with E-state index in [2.05, 4.69) is 16.3 Å². The van der Waals surface area contributed by atoms with Gasteiger partial charge in [0.25, 0.3) is 0 Å². The van der Waals surface area contributed by atoms with Crippen LogP contribution in [0.25, 0.3) is 0 Å². The van der Waals surface area contributed by atoms with Crippen LogP contribution in [0.1, 0.15) is 32.1 Å². The molecule has 1 amide bonds. The first kappa shape index (κ1) is 16.6. The van der Waals surface area contributed by atoms with Crippen LogP contribution in [-0.2, 0) is 4.79 Å². The average molecular weight is 343 g/mol. The van der Waals surface area contributed by atoms with E-state index in [4.69, 9.17) is 0 Å². The van der Waals surface area contributed by atoms with Crippen LogP contribution in [0.3, 0.4) is 0 Å². The van der Waals surface area contributed by atoms with Crippen LogP contribution in [0.2, 0.25) is 0 Å². The highest BCUT2D eigenvalue weighted by Gasteiger charge is 2.38. The predicted molar refractivity (Wildman–Crippen MR) is 86.6 cm³/mol. The summed E-state index contributed by atoms with van der Waals surface area (Å²) in [4.78, 5) is 14.0. The van der Waals surface area contributed by atoms with E-state index < -0.39 is 5.54 Å². The first-order valence-corrected chi connectivity index (χ1v) is 9.82. The molecule has 0 saturated heterocycles. The minimum Gasteiger partial charge on any atom is -0.326 e. The topological polar surface area (TPSA) is 69.9 Å². The Morgan fingerprint density at radius 3 is 2.62 bits per heavy atom. The zero-order valence-electron chi connectivity index (χ0n) is 12.2. The second kappa shape index (κ2) is 7.47. The normalized spacial score (nSPS) is 17.2. The van der Waals surface area contributed by atoms with Crippen molar-refractivity contribution in [1.29, 1.82) is 5.26 Å². The summed E-state index contributed by atoms with van der Waals surface area (Å²) in [7, 11) is 1.75. The zero-order chi connectivity index (χ0) is 15.3. The lowest BCUT2D eigenvalue weighted by Crippen LogP contribution is -2.50. The van der Waals surface area contributed by atoms with Gasteiger partial charge < -0.3 is 4.90 Å². The summed E-state index contributed by atoms with van der Waals surface area (Å²) in [5.74, 6) is 0.299. The van der Waals surface area contributed by atoms with Crippen LogP contribution in [0, 0.1) is 11.3 Å². The number of nitriles is 1. The highest BCUT2D eigenvalue weighted by atomic mass is 32.2. The van der Waals surface area contributed by atoms with Gasteiger partial charge in [-0.15, -0.1) is 10.2 Å². The molecule has 0 radical (unpaired) electrons. The minimum absolute atomic E-state index is 0.00986. The van der Waals surface area contributed by atoms with Gasteiger partial charge in [-0.05, 0) is 19.1 Å². The Morgan fingerprint density at radius 2 is 2.05 bits per heavy atom. The van der Waals surface area contributed by atoms with Crippen LogP contribution < -0.4 is 0 Å². The maximum absolute atomic E-state index is 12.4. The Bertz CT molecular complexity index is 534. The smallest absolute Gasteiger partial charge is 0.234 e. The van der Waals surface area contributed by atoms with Gasteiger partial charge in [-0.25, -0.2) is 0 Å². The lowest BCUT2D eigenvalue weighted by molar-refractivity contribution is -0.131. The second-order valence-electron chi connectivity index (χ2n) is 4.98. The van der Waals surface area contributed by atoms with E-state index in [1.165, 1.54) is 23.1 Å². The van der Waals surface area contributed by atoms with Crippen LogP contribution in [-0.4, -0.2) is 45.6 Å². The summed E-state index contributed by atoms with van der Waals surface area (Å²) in [5.41, 5.74) is -0.610. The number of carbonyl (C=O) groups excluding carboxylic acids is 1. The summed E-state index contributed by atoms with van der Waals surface area (Å²) in [5, 5.41) is 17.6. The van der Waals surface area contributed by atoms with Crippen molar-refractivity contribution in [2.45, 2.75) is 46.3 Å². The quantitative estimate of drug-likeness (QED) is 0.766. The van der Waals surface area contributed by atoms with Crippen molar-refractivity contribution in [3.63, 3.8) is 0 Å². The Balaban J connectivity index is 1.94. The largest absolute Gasteiger partial charge is 0.326 e. The molecule has 2 rings (SSSR count). The number of carbonyl (C=O) groups is 1. The fourth-order valence-electron chi connectivity index (χ4n) is 2.46.